The molecule has 0 unspecified atom stereocenters. The number of nitrogens with one attached hydrogen (secondary N) is 1. The van der Waals surface area contributed by atoms with E-state index in [1.165, 1.54) is 16.9 Å². The predicted octanol–water partition coefficient (Wildman–Crippen LogP) is 6.32. The van der Waals surface area contributed by atoms with Gasteiger partial charge in [0.05, 0.1) is 24.8 Å². The van der Waals surface area contributed by atoms with Crippen LogP contribution in [0.25, 0.3) is 10.8 Å². The number of hydrogen-bond donors (Lipinski definition) is 1. The summed E-state index contributed by atoms with van der Waals surface area (Å²) in [7, 11) is 1.55. The van der Waals surface area contributed by atoms with Crippen molar-refractivity contribution in [2.75, 3.05) is 25.6 Å². The zero-order valence-electron chi connectivity index (χ0n) is 20.8. The number of carbonyl (C=O) groups is 2. The molecule has 2 heterocycles. The van der Waals surface area contributed by atoms with Gasteiger partial charge in [-0.2, -0.15) is 0 Å². The van der Waals surface area contributed by atoms with Crippen LogP contribution >= 0.6 is 23.7 Å². The normalized spacial score (nSPS) is 12.9. The molecule has 0 radical (unpaired) electrons. The Balaban J connectivity index is 0.00000320. The molecule has 1 N–H and O–H groups in total. The Morgan fingerprint density at radius 3 is 2.43 bits per heavy atom. The molecule has 6 nitrogen and oxygen atoms in total. The van der Waals surface area contributed by atoms with Crippen LogP contribution in [0, 0.1) is 0 Å². The summed E-state index contributed by atoms with van der Waals surface area (Å²) in [6.07, 6.45) is 0.724. The van der Waals surface area contributed by atoms with Gasteiger partial charge in [-0.05, 0) is 47.4 Å². The van der Waals surface area contributed by atoms with Crippen LogP contribution in [0.15, 0.2) is 66.7 Å². The molecule has 0 bridgehead atoms. The van der Waals surface area contributed by atoms with Gasteiger partial charge in [-0.25, -0.2) is 4.79 Å². The molecule has 5 rings (SSSR count). The topological polar surface area (TPSA) is 67.9 Å². The zero-order valence-corrected chi connectivity index (χ0v) is 22.4. The number of esters is 1. The van der Waals surface area contributed by atoms with E-state index in [9.17, 15) is 9.59 Å². The van der Waals surface area contributed by atoms with Crippen molar-refractivity contribution in [1.29, 1.82) is 0 Å². The number of methoxy groups -OCH3 is 1. The van der Waals surface area contributed by atoms with Gasteiger partial charge in [-0.15, -0.1) is 23.7 Å². The van der Waals surface area contributed by atoms with E-state index in [0.29, 0.717) is 21.9 Å². The largest absolute Gasteiger partial charge is 0.496 e. The molecule has 1 aromatic heterocycles. The Kier molecular flexibility index (Phi) is 8.48. The van der Waals surface area contributed by atoms with E-state index < -0.39 is 5.97 Å². The Hall–Kier alpha value is -3.39. The fourth-order valence-corrected chi connectivity index (χ4v) is 5.95. The van der Waals surface area contributed by atoms with Crippen LogP contribution in [-0.2, 0) is 24.2 Å². The van der Waals surface area contributed by atoms with Gasteiger partial charge < -0.3 is 14.8 Å². The first-order chi connectivity index (χ1) is 17.6. The van der Waals surface area contributed by atoms with Crippen molar-refractivity contribution in [3.05, 3.63) is 93.9 Å². The van der Waals surface area contributed by atoms with E-state index in [0.717, 1.165) is 47.3 Å². The number of benzene rings is 3. The van der Waals surface area contributed by atoms with Crippen LogP contribution in [-0.4, -0.2) is 37.0 Å². The number of carbonyl (C=O) groups excluding carboxylic acids is 2. The molecule has 1 aliphatic rings. The molecule has 1 amide bonds. The SMILES string of the molecule is CCOC(=O)c1c(NC(=O)c2cc3ccccc3cc2OC)sc2c1CCN(Cc1ccccc1)C2.Cl. The van der Waals surface area contributed by atoms with Crippen molar-refractivity contribution in [3.8, 4) is 5.75 Å². The van der Waals surface area contributed by atoms with Crippen LogP contribution in [0.1, 0.15) is 43.6 Å². The molecule has 0 atom stereocenters. The number of hydrogen-bond acceptors (Lipinski definition) is 6. The van der Waals surface area contributed by atoms with Crippen LogP contribution in [0.5, 0.6) is 5.75 Å². The van der Waals surface area contributed by atoms with Gasteiger partial charge in [0.25, 0.3) is 5.91 Å². The standard InChI is InChI=1S/C29H28N2O4S.ClH/c1-3-35-29(33)26-22-13-14-31(17-19-9-5-4-6-10-19)18-25(22)36-28(26)30-27(32)23-15-20-11-7-8-12-21(20)16-24(23)34-2;/h4-12,15-16H,3,13-14,17-18H2,1-2H3,(H,30,32);1H. The number of rotatable bonds is 7. The van der Waals surface area contributed by atoms with Gasteiger partial charge in [-0.3, -0.25) is 9.69 Å². The predicted molar refractivity (Wildman–Crippen MR) is 150 cm³/mol. The highest BCUT2D eigenvalue weighted by molar-refractivity contribution is 7.17. The molecule has 1 aliphatic heterocycles. The molecule has 0 saturated carbocycles. The second kappa shape index (κ2) is 11.8. The number of ether oxygens (including phenoxy) is 2. The Morgan fingerprint density at radius 2 is 1.73 bits per heavy atom. The molecule has 192 valence electrons. The second-order valence-corrected chi connectivity index (χ2v) is 9.83. The molecule has 3 aromatic carbocycles. The summed E-state index contributed by atoms with van der Waals surface area (Å²) in [6.45, 7) is 4.45. The van der Waals surface area contributed by atoms with Gasteiger partial charge >= 0.3 is 5.97 Å². The van der Waals surface area contributed by atoms with Gasteiger partial charge in [0, 0.05) is 24.5 Å². The number of halogens is 1. The molecular weight excluding hydrogens is 508 g/mol. The lowest BCUT2D eigenvalue weighted by atomic mass is 10.0. The first-order valence-electron chi connectivity index (χ1n) is 12.0. The van der Waals surface area contributed by atoms with E-state index in [1.54, 1.807) is 14.0 Å². The van der Waals surface area contributed by atoms with E-state index in [1.807, 2.05) is 54.6 Å². The van der Waals surface area contributed by atoms with E-state index >= 15 is 0 Å². The quantitative estimate of drug-likeness (QED) is 0.280. The maximum Gasteiger partial charge on any atom is 0.341 e. The third-order valence-electron chi connectivity index (χ3n) is 6.40. The summed E-state index contributed by atoms with van der Waals surface area (Å²) in [4.78, 5) is 29.9. The first kappa shape index (κ1) is 26.7. The fraction of sp³-hybridized carbons (Fsp3) is 0.241. The molecule has 0 spiro atoms. The number of anilines is 1. The first-order valence-corrected chi connectivity index (χ1v) is 12.8. The molecular formula is C29H29ClN2O4S. The second-order valence-electron chi connectivity index (χ2n) is 8.73. The van der Waals surface area contributed by atoms with Gasteiger partial charge in [0.2, 0.25) is 0 Å². The van der Waals surface area contributed by atoms with Crippen LogP contribution in [0.4, 0.5) is 5.00 Å². The van der Waals surface area contributed by atoms with E-state index in [4.69, 9.17) is 9.47 Å². The number of thiophene rings is 1. The van der Waals surface area contributed by atoms with E-state index in [-0.39, 0.29) is 24.9 Å². The van der Waals surface area contributed by atoms with Crippen molar-refractivity contribution in [1.82, 2.24) is 4.90 Å². The zero-order chi connectivity index (χ0) is 25.1. The number of nitrogens with zero attached hydrogens (tertiary/aromatic N) is 1. The summed E-state index contributed by atoms with van der Waals surface area (Å²) >= 11 is 1.46. The lowest BCUT2D eigenvalue weighted by Gasteiger charge is -2.27. The molecule has 8 heteroatoms. The van der Waals surface area contributed by atoms with E-state index in [2.05, 4.69) is 22.3 Å². The summed E-state index contributed by atoms with van der Waals surface area (Å²) in [5, 5.41) is 5.47. The van der Waals surface area contributed by atoms with Gasteiger partial charge in [-0.1, -0.05) is 54.6 Å². The van der Waals surface area contributed by atoms with Crippen molar-refractivity contribution >= 4 is 51.4 Å². The number of fused-ring (bicyclic) bond motifs is 2. The monoisotopic (exact) mass is 536 g/mol. The highest BCUT2D eigenvalue weighted by Gasteiger charge is 2.30. The van der Waals surface area contributed by atoms with Gasteiger partial charge in [0.1, 0.15) is 10.8 Å². The Labute approximate surface area is 226 Å². The number of amides is 1. The lowest BCUT2D eigenvalue weighted by Crippen LogP contribution is -2.29. The van der Waals surface area contributed by atoms with Crippen LogP contribution in [0.3, 0.4) is 0 Å². The highest BCUT2D eigenvalue weighted by Crippen LogP contribution is 2.39. The van der Waals surface area contributed by atoms with Crippen molar-refractivity contribution in [3.63, 3.8) is 0 Å². The maximum atomic E-state index is 13.4. The fourth-order valence-electron chi connectivity index (χ4n) is 4.68. The summed E-state index contributed by atoms with van der Waals surface area (Å²) in [6, 6.07) is 21.9. The smallest absolute Gasteiger partial charge is 0.341 e. The van der Waals surface area contributed by atoms with Crippen LogP contribution < -0.4 is 10.1 Å². The highest BCUT2D eigenvalue weighted by atomic mass is 35.5. The van der Waals surface area contributed by atoms with Gasteiger partial charge in [0.15, 0.2) is 0 Å². The summed E-state index contributed by atoms with van der Waals surface area (Å²) in [5.74, 6) is -0.227. The minimum absolute atomic E-state index is 0. The molecule has 0 aliphatic carbocycles. The van der Waals surface area contributed by atoms with Crippen LogP contribution in [0.2, 0.25) is 0 Å². The third-order valence-corrected chi connectivity index (χ3v) is 7.54. The lowest BCUT2D eigenvalue weighted by molar-refractivity contribution is 0.0526. The Morgan fingerprint density at radius 1 is 1.03 bits per heavy atom. The van der Waals surface area contributed by atoms with Crippen molar-refractivity contribution < 1.29 is 19.1 Å². The average molecular weight is 537 g/mol. The molecule has 0 fully saturated rings. The molecule has 4 aromatic rings. The Bertz CT molecular complexity index is 1420. The minimum Gasteiger partial charge on any atom is -0.496 e. The minimum atomic E-state index is -0.396. The molecule has 37 heavy (non-hydrogen) atoms. The summed E-state index contributed by atoms with van der Waals surface area (Å²) < 4.78 is 10.9. The average Bonchev–Trinajstić information content (AvgIpc) is 3.25. The maximum absolute atomic E-state index is 13.4. The van der Waals surface area contributed by atoms with Crippen molar-refractivity contribution in [2.24, 2.45) is 0 Å². The summed E-state index contributed by atoms with van der Waals surface area (Å²) in [5.41, 5.74) is 3.12. The molecule has 0 saturated heterocycles. The third kappa shape index (κ3) is 5.64. The van der Waals surface area contributed by atoms with Crippen molar-refractivity contribution in [2.45, 2.75) is 26.4 Å².